The van der Waals surface area contributed by atoms with Crippen molar-refractivity contribution in [1.82, 2.24) is 5.32 Å². The lowest BCUT2D eigenvalue weighted by molar-refractivity contribution is 0.379. The average molecular weight is 337 g/mol. The van der Waals surface area contributed by atoms with Crippen LogP contribution in [0.15, 0.2) is 16.5 Å². The van der Waals surface area contributed by atoms with Crippen molar-refractivity contribution in [3.63, 3.8) is 0 Å². The highest BCUT2D eigenvalue weighted by Crippen LogP contribution is 2.25. The van der Waals surface area contributed by atoms with Crippen LogP contribution in [0.3, 0.4) is 0 Å². The first-order chi connectivity index (χ1) is 10.0. The van der Waals surface area contributed by atoms with Gasteiger partial charge >= 0.3 is 0 Å². The predicted octanol–water partition coefficient (Wildman–Crippen LogP) is 4.88. The van der Waals surface area contributed by atoms with E-state index in [0.717, 1.165) is 25.2 Å². The number of allylic oxidation sites excluding steroid dienone is 1. The number of halogens is 2. The minimum atomic E-state index is -0.188. The van der Waals surface area contributed by atoms with E-state index in [-0.39, 0.29) is 12.4 Å². The van der Waals surface area contributed by atoms with Crippen molar-refractivity contribution >= 4 is 28.9 Å². The van der Waals surface area contributed by atoms with Gasteiger partial charge in [-0.1, -0.05) is 13.8 Å². The Kier molecular flexibility index (Phi) is 9.36. The Balaban J connectivity index is 2.22. The second-order valence-corrected chi connectivity index (χ2v) is 6.87. The summed E-state index contributed by atoms with van der Waals surface area (Å²) in [5, 5.41) is 3.13. The van der Waals surface area contributed by atoms with Crippen molar-refractivity contribution in [1.29, 1.82) is 0 Å². The highest BCUT2D eigenvalue weighted by atomic mass is 35.5. The summed E-state index contributed by atoms with van der Waals surface area (Å²) < 4.78 is 18.9. The van der Waals surface area contributed by atoms with Crippen LogP contribution in [-0.2, 0) is 4.18 Å². The number of nitrogens with zero attached hydrogens (tertiary/aromatic N) is 1. The van der Waals surface area contributed by atoms with Crippen LogP contribution in [0.25, 0.3) is 0 Å². The zero-order valence-electron chi connectivity index (χ0n) is 13.1. The lowest BCUT2D eigenvalue weighted by atomic mass is 9.90. The Labute approximate surface area is 137 Å². The zero-order valence-corrected chi connectivity index (χ0v) is 14.7. The molecule has 0 saturated carbocycles. The SMILES string of the molecule is CCOSCCCC(C)CC(C)CC1=C(F)CN=C(Cl)N1. The first-order valence-corrected chi connectivity index (χ1v) is 8.90. The normalized spacial score (nSPS) is 18.2. The Morgan fingerprint density at radius 3 is 2.90 bits per heavy atom. The molecule has 0 aromatic heterocycles. The van der Waals surface area contributed by atoms with E-state index < -0.39 is 0 Å². The second-order valence-electron chi connectivity index (χ2n) is 5.64. The largest absolute Gasteiger partial charge is 0.332 e. The molecular weight excluding hydrogens is 311 g/mol. The minimum Gasteiger partial charge on any atom is -0.332 e. The van der Waals surface area contributed by atoms with Gasteiger partial charge in [-0.25, -0.2) is 4.39 Å². The Morgan fingerprint density at radius 1 is 1.43 bits per heavy atom. The summed E-state index contributed by atoms with van der Waals surface area (Å²) in [6, 6.07) is 0. The third kappa shape index (κ3) is 8.07. The molecule has 1 heterocycles. The van der Waals surface area contributed by atoms with Crippen molar-refractivity contribution in [2.75, 3.05) is 18.9 Å². The topological polar surface area (TPSA) is 33.6 Å². The summed E-state index contributed by atoms with van der Waals surface area (Å²) in [7, 11) is 0. The van der Waals surface area contributed by atoms with Gasteiger partial charge < -0.3 is 9.50 Å². The van der Waals surface area contributed by atoms with Crippen molar-refractivity contribution in [3.8, 4) is 0 Å². The van der Waals surface area contributed by atoms with Crippen molar-refractivity contribution in [3.05, 3.63) is 11.5 Å². The maximum absolute atomic E-state index is 13.7. The summed E-state index contributed by atoms with van der Waals surface area (Å²) in [6.45, 7) is 7.25. The fraction of sp³-hybridized carbons (Fsp3) is 0.800. The molecule has 0 aliphatic carbocycles. The van der Waals surface area contributed by atoms with E-state index in [0.29, 0.717) is 29.2 Å². The van der Waals surface area contributed by atoms with Crippen LogP contribution in [0, 0.1) is 11.8 Å². The minimum absolute atomic E-state index is 0.0676. The van der Waals surface area contributed by atoms with Crippen LogP contribution < -0.4 is 5.32 Å². The molecule has 1 aliphatic rings. The van der Waals surface area contributed by atoms with E-state index in [1.807, 2.05) is 6.92 Å². The van der Waals surface area contributed by atoms with Crippen LogP contribution in [0.5, 0.6) is 0 Å². The Morgan fingerprint density at radius 2 is 2.19 bits per heavy atom. The number of amidine groups is 1. The molecule has 0 fully saturated rings. The van der Waals surface area contributed by atoms with Gasteiger partial charge in [-0.15, -0.1) is 0 Å². The van der Waals surface area contributed by atoms with Gasteiger partial charge in [0.25, 0.3) is 0 Å². The Hall–Kier alpha value is -0.260. The molecule has 0 amide bonds. The summed E-state index contributed by atoms with van der Waals surface area (Å²) in [5.41, 5.74) is 0.599. The molecule has 0 bridgehead atoms. The number of hydrogen-bond donors (Lipinski definition) is 1. The lowest BCUT2D eigenvalue weighted by Crippen LogP contribution is -2.25. The standard InChI is InChI=1S/C15H26ClFN2OS/c1-4-20-21-7-5-6-11(2)8-12(3)9-14-13(17)10-18-15(16)19-14/h11-12H,4-10H2,1-3H3,(H,18,19). The molecule has 6 heteroatoms. The van der Waals surface area contributed by atoms with Gasteiger partial charge in [0.05, 0.1) is 18.8 Å². The van der Waals surface area contributed by atoms with Crippen molar-refractivity contribution in [2.24, 2.45) is 16.8 Å². The van der Waals surface area contributed by atoms with Crippen LogP contribution in [0.4, 0.5) is 4.39 Å². The zero-order chi connectivity index (χ0) is 15.7. The number of nitrogens with one attached hydrogen (secondary N) is 1. The summed E-state index contributed by atoms with van der Waals surface area (Å²) in [4.78, 5) is 3.82. The number of hydrogen-bond acceptors (Lipinski definition) is 4. The Bertz CT molecular complexity index is 377. The highest BCUT2D eigenvalue weighted by molar-refractivity contribution is 7.94. The van der Waals surface area contributed by atoms with Crippen LogP contribution in [0.1, 0.15) is 46.5 Å². The van der Waals surface area contributed by atoms with Crippen LogP contribution in [-0.4, -0.2) is 24.2 Å². The van der Waals surface area contributed by atoms with Gasteiger partial charge in [0.1, 0.15) is 5.83 Å². The molecule has 2 atom stereocenters. The molecule has 1 N–H and O–H groups in total. The average Bonchev–Trinajstić information content (AvgIpc) is 2.42. The molecule has 0 saturated heterocycles. The fourth-order valence-electron chi connectivity index (χ4n) is 2.50. The molecular formula is C15H26ClFN2OS. The van der Waals surface area contributed by atoms with E-state index >= 15 is 0 Å². The van der Waals surface area contributed by atoms with E-state index in [1.165, 1.54) is 6.42 Å². The third-order valence-electron chi connectivity index (χ3n) is 3.42. The van der Waals surface area contributed by atoms with Gasteiger partial charge in [-0.05, 0) is 68.1 Å². The maximum Gasteiger partial charge on any atom is 0.195 e. The number of rotatable bonds is 10. The molecule has 0 radical (unpaired) electrons. The molecule has 2 unspecified atom stereocenters. The maximum atomic E-state index is 13.7. The van der Waals surface area contributed by atoms with Gasteiger partial charge in [0, 0.05) is 5.75 Å². The van der Waals surface area contributed by atoms with Gasteiger partial charge in [-0.3, -0.25) is 4.99 Å². The fourth-order valence-corrected chi connectivity index (χ4v) is 3.24. The van der Waals surface area contributed by atoms with Crippen molar-refractivity contribution in [2.45, 2.75) is 46.5 Å². The van der Waals surface area contributed by atoms with E-state index in [2.05, 4.69) is 24.2 Å². The molecule has 1 rings (SSSR count). The van der Waals surface area contributed by atoms with Gasteiger partial charge in [-0.2, -0.15) is 0 Å². The monoisotopic (exact) mass is 336 g/mol. The van der Waals surface area contributed by atoms with E-state index in [9.17, 15) is 4.39 Å². The molecule has 3 nitrogen and oxygen atoms in total. The summed E-state index contributed by atoms with van der Waals surface area (Å²) in [6.07, 6.45) is 4.12. The van der Waals surface area contributed by atoms with Gasteiger partial charge in [0.2, 0.25) is 0 Å². The molecule has 122 valence electrons. The smallest absolute Gasteiger partial charge is 0.195 e. The number of aliphatic imine (C=N–C) groups is 1. The van der Waals surface area contributed by atoms with Gasteiger partial charge in [0.15, 0.2) is 5.29 Å². The molecule has 21 heavy (non-hydrogen) atoms. The predicted molar refractivity (Wildman–Crippen MR) is 90.3 cm³/mol. The molecule has 1 aliphatic heterocycles. The van der Waals surface area contributed by atoms with Crippen LogP contribution in [0.2, 0.25) is 0 Å². The molecule has 0 spiro atoms. The van der Waals surface area contributed by atoms with E-state index in [4.69, 9.17) is 15.8 Å². The first-order valence-electron chi connectivity index (χ1n) is 7.61. The quantitative estimate of drug-likeness (QED) is 0.350. The third-order valence-corrected chi connectivity index (χ3v) is 4.49. The lowest BCUT2D eigenvalue weighted by Gasteiger charge is -2.21. The molecule has 0 aromatic rings. The highest BCUT2D eigenvalue weighted by Gasteiger charge is 2.17. The first kappa shape index (κ1) is 18.8. The second kappa shape index (κ2) is 10.5. The summed E-state index contributed by atoms with van der Waals surface area (Å²) >= 11 is 7.35. The van der Waals surface area contributed by atoms with E-state index in [1.54, 1.807) is 12.0 Å². The molecule has 0 aromatic carbocycles. The summed E-state index contributed by atoms with van der Waals surface area (Å²) in [5.74, 6) is 1.92. The van der Waals surface area contributed by atoms with Crippen LogP contribution >= 0.6 is 23.6 Å². The van der Waals surface area contributed by atoms with Crippen molar-refractivity contribution < 1.29 is 8.57 Å².